The average molecular weight is 427 g/mol. The summed E-state index contributed by atoms with van der Waals surface area (Å²) in [5.41, 5.74) is 4.24. The highest BCUT2D eigenvalue weighted by atomic mass is 32.2. The summed E-state index contributed by atoms with van der Waals surface area (Å²) in [6.07, 6.45) is 6.39. The van der Waals surface area contributed by atoms with E-state index in [1.807, 2.05) is 54.9 Å². The Hall–Kier alpha value is -3.13. The first-order valence-corrected chi connectivity index (χ1v) is 11.4. The second-order valence-electron chi connectivity index (χ2n) is 7.43. The van der Waals surface area contributed by atoms with Crippen LogP contribution in [0.2, 0.25) is 0 Å². The molecule has 2 aromatic carbocycles. The van der Waals surface area contributed by atoms with Gasteiger partial charge in [0.15, 0.2) is 0 Å². The number of hydrogen-bond donors (Lipinski definition) is 1. The number of sulfonamides is 1. The maximum Gasteiger partial charge on any atom is 0.243 e. The van der Waals surface area contributed by atoms with Gasteiger partial charge in [-0.25, -0.2) is 13.4 Å². The van der Waals surface area contributed by atoms with Crippen LogP contribution in [0.4, 0.5) is 5.69 Å². The van der Waals surface area contributed by atoms with Crippen LogP contribution in [0.5, 0.6) is 0 Å². The molecule has 0 saturated heterocycles. The van der Waals surface area contributed by atoms with Gasteiger partial charge in [0, 0.05) is 24.6 Å². The molecule has 0 bridgehead atoms. The molecule has 3 aromatic rings. The zero-order valence-corrected chi connectivity index (χ0v) is 18.3. The van der Waals surface area contributed by atoms with Crippen molar-refractivity contribution < 1.29 is 13.2 Å². The highest BCUT2D eigenvalue weighted by molar-refractivity contribution is 7.92. The van der Waals surface area contributed by atoms with E-state index >= 15 is 0 Å². The number of imidazole rings is 1. The first-order valence-electron chi connectivity index (χ1n) is 9.58. The Labute approximate surface area is 177 Å². The molecule has 0 fully saturated rings. The maximum absolute atomic E-state index is 12.8. The number of anilines is 1. The quantitative estimate of drug-likeness (QED) is 0.630. The first kappa shape index (κ1) is 21.6. The Kier molecular flexibility index (Phi) is 6.26. The van der Waals surface area contributed by atoms with Gasteiger partial charge in [0.25, 0.3) is 0 Å². The summed E-state index contributed by atoms with van der Waals surface area (Å²) >= 11 is 0. The van der Waals surface area contributed by atoms with E-state index in [4.69, 9.17) is 0 Å². The Balaban J connectivity index is 1.72. The topological polar surface area (TPSA) is 84.3 Å². The molecule has 0 saturated carbocycles. The lowest BCUT2D eigenvalue weighted by Crippen LogP contribution is -2.47. The molecule has 30 heavy (non-hydrogen) atoms. The van der Waals surface area contributed by atoms with Crippen molar-refractivity contribution in [2.45, 2.75) is 33.4 Å². The van der Waals surface area contributed by atoms with Crippen LogP contribution in [0.1, 0.15) is 23.6 Å². The van der Waals surface area contributed by atoms with E-state index in [1.165, 1.54) is 4.31 Å². The number of hydrogen-bond acceptors (Lipinski definition) is 4. The molecule has 8 heteroatoms. The summed E-state index contributed by atoms with van der Waals surface area (Å²) in [5.74, 6) is -0.363. The summed E-state index contributed by atoms with van der Waals surface area (Å²) in [5, 5.41) is 2.84. The number of aryl methyl sites for hydroxylation is 2. The molecule has 1 heterocycles. The highest BCUT2D eigenvalue weighted by Gasteiger charge is 2.29. The van der Waals surface area contributed by atoms with Gasteiger partial charge in [0.2, 0.25) is 15.9 Å². The Morgan fingerprint density at radius 2 is 1.77 bits per heavy atom. The molecular formula is C22H26N4O3S. The van der Waals surface area contributed by atoms with Gasteiger partial charge in [-0.1, -0.05) is 18.2 Å². The molecule has 1 aromatic heterocycles. The number of nitrogens with one attached hydrogen (secondary N) is 1. The molecule has 158 valence electrons. The van der Waals surface area contributed by atoms with Crippen LogP contribution in [0.25, 0.3) is 5.69 Å². The molecule has 1 N–H and O–H groups in total. The van der Waals surface area contributed by atoms with Crippen molar-refractivity contribution in [2.75, 3.05) is 10.6 Å². The zero-order valence-electron chi connectivity index (χ0n) is 17.5. The van der Waals surface area contributed by atoms with Crippen LogP contribution < -0.4 is 9.62 Å². The minimum Gasteiger partial charge on any atom is -0.350 e. The van der Waals surface area contributed by atoms with Crippen molar-refractivity contribution in [3.05, 3.63) is 77.9 Å². The van der Waals surface area contributed by atoms with Gasteiger partial charge >= 0.3 is 0 Å². The predicted octanol–water partition coefficient (Wildman–Crippen LogP) is 2.96. The van der Waals surface area contributed by atoms with Crippen LogP contribution in [0, 0.1) is 13.8 Å². The molecule has 0 aliphatic carbocycles. The molecule has 1 amide bonds. The summed E-state index contributed by atoms with van der Waals surface area (Å²) in [6.45, 7) is 5.69. The van der Waals surface area contributed by atoms with E-state index in [0.717, 1.165) is 28.6 Å². The smallest absolute Gasteiger partial charge is 0.243 e. The van der Waals surface area contributed by atoms with Crippen LogP contribution in [0.3, 0.4) is 0 Å². The van der Waals surface area contributed by atoms with Crippen LogP contribution in [0.15, 0.2) is 61.2 Å². The fraction of sp³-hybridized carbons (Fsp3) is 0.273. The maximum atomic E-state index is 12.8. The lowest BCUT2D eigenvalue weighted by Gasteiger charge is -2.28. The molecule has 0 aliphatic heterocycles. The fourth-order valence-electron chi connectivity index (χ4n) is 3.42. The third-order valence-electron chi connectivity index (χ3n) is 4.76. The minimum atomic E-state index is -3.65. The van der Waals surface area contributed by atoms with Gasteiger partial charge < -0.3 is 9.88 Å². The van der Waals surface area contributed by atoms with E-state index < -0.39 is 16.1 Å². The van der Waals surface area contributed by atoms with E-state index in [9.17, 15) is 13.2 Å². The van der Waals surface area contributed by atoms with Crippen LogP contribution >= 0.6 is 0 Å². The van der Waals surface area contributed by atoms with Crippen molar-refractivity contribution in [1.82, 2.24) is 14.9 Å². The molecule has 0 aliphatic rings. The predicted molar refractivity (Wildman–Crippen MR) is 118 cm³/mol. The SMILES string of the molecule is Cc1cc(C)cc(N([C@H](C)C(=O)NCc2ccc(-n3ccnc3)cc2)S(C)(=O)=O)c1. The van der Waals surface area contributed by atoms with Crippen LogP contribution in [-0.2, 0) is 21.4 Å². The number of rotatable bonds is 7. The highest BCUT2D eigenvalue weighted by Crippen LogP contribution is 2.24. The van der Waals surface area contributed by atoms with E-state index in [-0.39, 0.29) is 5.91 Å². The second kappa shape index (κ2) is 8.71. The molecule has 0 radical (unpaired) electrons. The lowest BCUT2D eigenvalue weighted by molar-refractivity contribution is -0.122. The van der Waals surface area contributed by atoms with Gasteiger partial charge in [-0.2, -0.15) is 0 Å². The van der Waals surface area contributed by atoms with Crippen molar-refractivity contribution in [2.24, 2.45) is 0 Å². The first-order chi connectivity index (χ1) is 14.1. The summed E-state index contributed by atoms with van der Waals surface area (Å²) in [6, 6.07) is 12.3. The minimum absolute atomic E-state index is 0.303. The number of carbonyl (C=O) groups excluding carboxylic acids is 1. The monoisotopic (exact) mass is 426 g/mol. The fourth-order valence-corrected chi connectivity index (χ4v) is 4.58. The number of amides is 1. The summed E-state index contributed by atoms with van der Waals surface area (Å²) < 4.78 is 28.0. The number of nitrogens with zero attached hydrogens (tertiary/aromatic N) is 3. The van der Waals surface area contributed by atoms with Gasteiger partial charge in [0.05, 0.1) is 18.3 Å². The standard InChI is InChI=1S/C22H26N4O3S/c1-16-11-17(2)13-21(12-16)26(30(4,28)29)18(3)22(27)24-14-19-5-7-20(8-6-19)25-10-9-23-15-25/h5-13,15,18H,14H2,1-4H3,(H,24,27)/t18-/m1/s1. The number of aromatic nitrogens is 2. The third-order valence-corrected chi connectivity index (χ3v) is 6.00. The largest absolute Gasteiger partial charge is 0.350 e. The third kappa shape index (κ3) is 5.07. The molecule has 0 spiro atoms. The van der Waals surface area contributed by atoms with Crippen molar-refractivity contribution in [1.29, 1.82) is 0 Å². The lowest BCUT2D eigenvalue weighted by atomic mass is 10.1. The summed E-state index contributed by atoms with van der Waals surface area (Å²) in [4.78, 5) is 16.8. The molecule has 1 atom stereocenters. The Morgan fingerprint density at radius 1 is 1.13 bits per heavy atom. The van der Waals surface area contributed by atoms with Crippen molar-refractivity contribution in [3.63, 3.8) is 0 Å². The molecule has 3 rings (SSSR count). The normalized spacial score (nSPS) is 12.4. The summed E-state index contributed by atoms with van der Waals surface area (Å²) in [7, 11) is -3.65. The molecule has 7 nitrogen and oxygen atoms in total. The van der Waals surface area contributed by atoms with Crippen molar-refractivity contribution in [3.8, 4) is 5.69 Å². The van der Waals surface area contributed by atoms with E-state index in [1.54, 1.807) is 31.6 Å². The number of carbonyl (C=O) groups is 1. The van der Waals surface area contributed by atoms with E-state index in [2.05, 4.69) is 10.3 Å². The van der Waals surface area contributed by atoms with Gasteiger partial charge in [-0.3, -0.25) is 9.10 Å². The van der Waals surface area contributed by atoms with Gasteiger partial charge in [-0.05, 0) is 61.7 Å². The second-order valence-corrected chi connectivity index (χ2v) is 9.29. The molecule has 0 unspecified atom stereocenters. The van der Waals surface area contributed by atoms with Crippen LogP contribution in [-0.4, -0.2) is 36.2 Å². The van der Waals surface area contributed by atoms with Gasteiger partial charge in [0.1, 0.15) is 6.04 Å². The van der Waals surface area contributed by atoms with Crippen molar-refractivity contribution >= 4 is 21.6 Å². The average Bonchev–Trinajstić information content (AvgIpc) is 3.19. The van der Waals surface area contributed by atoms with E-state index in [0.29, 0.717) is 12.2 Å². The Bertz CT molecular complexity index is 1100. The zero-order chi connectivity index (χ0) is 21.9. The Morgan fingerprint density at radius 3 is 2.30 bits per heavy atom. The number of benzene rings is 2. The molecular weight excluding hydrogens is 400 g/mol. The van der Waals surface area contributed by atoms with Gasteiger partial charge in [-0.15, -0.1) is 0 Å².